The van der Waals surface area contributed by atoms with Crippen LogP contribution in [-0.4, -0.2) is 37.2 Å². The number of Topliss-reactive ketones (excluding diaryl/α,β-unsaturated/α-hetero) is 2. The van der Waals surface area contributed by atoms with Crippen molar-refractivity contribution in [2.45, 2.75) is 44.4 Å². The Balaban J connectivity index is 1.88. The van der Waals surface area contributed by atoms with Crippen LogP contribution >= 0.6 is 0 Å². The van der Waals surface area contributed by atoms with E-state index in [1.807, 2.05) is 25.2 Å². The molecular weight excluding hydrogens is 366 g/mol. The van der Waals surface area contributed by atoms with Gasteiger partial charge >= 0.3 is 0 Å². The summed E-state index contributed by atoms with van der Waals surface area (Å²) in [5.41, 5.74) is 4.55. The van der Waals surface area contributed by atoms with Gasteiger partial charge in [-0.05, 0) is 43.4 Å². The lowest BCUT2D eigenvalue weighted by molar-refractivity contribution is -0.117. The standard InChI is InChI=1S/C24H25NO4/c1-4-13-29-20-12-11-15(14-21(20)28-3)22-23-16(7-5-9-18(23)26)25(2)17-8-6-10-19(27)24(17)22/h1,11-12,14,22H,5-10,13H2,2-3H3. The van der Waals surface area contributed by atoms with Gasteiger partial charge < -0.3 is 14.4 Å². The third-order valence-corrected chi connectivity index (χ3v) is 6.08. The minimum Gasteiger partial charge on any atom is -0.493 e. The van der Waals surface area contributed by atoms with E-state index < -0.39 is 0 Å². The molecule has 150 valence electrons. The molecule has 0 saturated heterocycles. The molecule has 0 aromatic heterocycles. The zero-order chi connectivity index (χ0) is 20.5. The molecule has 0 amide bonds. The van der Waals surface area contributed by atoms with Crippen LogP contribution in [0.2, 0.25) is 0 Å². The van der Waals surface area contributed by atoms with E-state index in [0.29, 0.717) is 24.3 Å². The molecule has 2 aliphatic carbocycles. The van der Waals surface area contributed by atoms with E-state index in [9.17, 15) is 9.59 Å². The summed E-state index contributed by atoms with van der Waals surface area (Å²) in [6, 6.07) is 5.61. The average Bonchev–Trinajstić information content (AvgIpc) is 2.73. The number of carbonyl (C=O) groups excluding carboxylic acids is 2. The number of terminal acetylenes is 1. The van der Waals surface area contributed by atoms with Crippen LogP contribution in [0.4, 0.5) is 0 Å². The van der Waals surface area contributed by atoms with Crippen LogP contribution in [0.25, 0.3) is 0 Å². The summed E-state index contributed by atoms with van der Waals surface area (Å²) < 4.78 is 11.1. The normalized spacial score (nSPS) is 19.7. The Morgan fingerprint density at radius 3 is 2.21 bits per heavy atom. The Morgan fingerprint density at radius 2 is 1.66 bits per heavy atom. The molecule has 1 aromatic carbocycles. The molecule has 0 fully saturated rings. The van der Waals surface area contributed by atoms with Crippen molar-refractivity contribution in [1.29, 1.82) is 0 Å². The number of allylic oxidation sites excluding steroid dienone is 4. The van der Waals surface area contributed by atoms with Gasteiger partial charge in [0.15, 0.2) is 23.1 Å². The first-order chi connectivity index (χ1) is 14.1. The SMILES string of the molecule is C#CCOc1ccc(C2C3=C(CCCC3=O)N(C)C3=C2C(=O)CCC3)cc1OC. The largest absolute Gasteiger partial charge is 0.493 e. The van der Waals surface area contributed by atoms with E-state index in [2.05, 4.69) is 10.8 Å². The van der Waals surface area contributed by atoms with Crippen LogP contribution in [0, 0.1) is 12.3 Å². The van der Waals surface area contributed by atoms with Gasteiger partial charge in [-0.1, -0.05) is 12.0 Å². The average molecular weight is 391 g/mol. The second-order valence-electron chi connectivity index (χ2n) is 7.67. The molecule has 1 aliphatic heterocycles. The molecule has 29 heavy (non-hydrogen) atoms. The summed E-state index contributed by atoms with van der Waals surface area (Å²) in [7, 11) is 3.57. The highest BCUT2D eigenvalue weighted by Gasteiger charge is 2.42. The van der Waals surface area contributed by atoms with Crippen molar-refractivity contribution in [1.82, 2.24) is 4.90 Å². The van der Waals surface area contributed by atoms with E-state index >= 15 is 0 Å². The molecular formula is C24H25NO4. The second kappa shape index (κ2) is 7.79. The Kier molecular flexibility index (Phi) is 5.19. The molecule has 5 nitrogen and oxygen atoms in total. The molecule has 5 heteroatoms. The van der Waals surface area contributed by atoms with E-state index in [1.54, 1.807) is 7.11 Å². The van der Waals surface area contributed by atoms with Gasteiger partial charge in [0, 0.05) is 48.3 Å². The molecule has 1 aromatic rings. The van der Waals surface area contributed by atoms with Crippen molar-refractivity contribution < 1.29 is 19.1 Å². The van der Waals surface area contributed by atoms with E-state index in [0.717, 1.165) is 53.8 Å². The number of ether oxygens (including phenoxy) is 2. The summed E-state index contributed by atoms with van der Waals surface area (Å²) in [6.07, 6.45) is 9.78. The molecule has 1 heterocycles. The fourth-order valence-electron chi connectivity index (χ4n) is 4.79. The van der Waals surface area contributed by atoms with Crippen LogP contribution in [0.15, 0.2) is 40.7 Å². The fourth-order valence-corrected chi connectivity index (χ4v) is 4.79. The van der Waals surface area contributed by atoms with E-state index in [1.165, 1.54) is 0 Å². The van der Waals surface area contributed by atoms with Crippen molar-refractivity contribution in [3.63, 3.8) is 0 Å². The maximum Gasteiger partial charge on any atom is 0.162 e. The number of hydrogen-bond donors (Lipinski definition) is 0. The molecule has 3 aliphatic rings. The van der Waals surface area contributed by atoms with Crippen molar-refractivity contribution in [3.8, 4) is 23.8 Å². The van der Waals surface area contributed by atoms with Crippen LogP contribution in [0.1, 0.15) is 50.0 Å². The van der Waals surface area contributed by atoms with Crippen molar-refractivity contribution in [2.24, 2.45) is 0 Å². The predicted octanol–water partition coefficient (Wildman–Crippen LogP) is 3.75. The lowest BCUT2D eigenvalue weighted by atomic mass is 9.71. The first kappa shape index (κ1) is 19.3. The molecule has 0 radical (unpaired) electrons. The molecule has 0 saturated carbocycles. The number of carbonyl (C=O) groups is 2. The van der Waals surface area contributed by atoms with Gasteiger partial charge in [0.2, 0.25) is 0 Å². The lowest BCUT2D eigenvalue weighted by Gasteiger charge is -2.42. The maximum atomic E-state index is 13.0. The molecule has 0 bridgehead atoms. The lowest BCUT2D eigenvalue weighted by Crippen LogP contribution is -2.37. The Morgan fingerprint density at radius 1 is 1.03 bits per heavy atom. The van der Waals surface area contributed by atoms with Gasteiger partial charge in [0.25, 0.3) is 0 Å². The zero-order valence-electron chi connectivity index (χ0n) is 16.9. The van der Waals surface area contributed by atoms with Gasteiger partial charge in [0.1, 0.15) is 6.61 Å². The number of rotatable bonds is 4. The highest BCUT2D eigenvalue weighted by atomic mass is 16.5. The van der Waals surface area contributed by atoms with Crippen LogP contribution < -0.4 is 9.47 Å². The third-order valence-electron chi connectivity index (χ3n) is 6.08. The zero-order valence-corrected chi connectivity index (χ0v) is 16.9. The minimum atomic E-state index is -0.340. The first-order valence-electron chi connectivity index (χ1n) is 10.1. The quantitative estimate of drug-likeness (QED) is 0.732. The number of benzene rings is 1. The van der Waals surface area contributed by atoms with Crippen molar-refractivity contribution >= 4 is 11.6 Å². The smallest absolute Gasteiger partial charge is 0.162 e. The maximum absolute atomic E-state index is 13.0. The summed E-state index contributed by atoms with van der Waals surface area (Å²) >= 11 is 0. The topological polar surface area (TPSA) is 55.8 Å². The summed E-state index contributed by atoms with van der Waals surface area (Å²) in [6.45, 7) is 0.144. The highest BCUT2D eigenvalue weighted by molar-refractivity contribution is 6.06. The van der Waals surface area contributed by atoms with Gasteiger partial charge in [-0.2, -0.15) is 0 Å². The Bertz CT molecular complexity index is 935. The van der Waals surface area contributed by atoms with Crippen LogP contribution in [0.5, 0.6) is 11.5 Å². The van der Waals surface area contributed by atoms with Gasteiger partial charge in [-0.15, -0.1) is 6.42 Å². The highest BCUT2D eigenvalue weighted by Crippen LogP contribution is 2.49. The van der Waals surface area contributed by atoms with E-state index in [-0.39, 0.29) is 24.1 Å². The summed E-state index contributed by atoms with van der Waals surface area (Å²) in [4.78, 5) is 28.1. The van der Waals surface area contributed by atoms with Crippen molar-refractivity contribution in [3.05, 3.63) is 46.3 Å². The molecule has 4 rings (SSSR count). The summed E-state index contributed by atoms with van der Waals surface area (Å²) in [5, 5.41) is 0. The minimum absolute atomic E-state index is 0.139. The number of hydrogen-bond acceptors (Lipinski definition) is 5. The Hall–Kier alpha value is -3.00. The fraction of sp³-hybridized carbons (Fsp3) is 0.417. The molecule has 0 atom stereocenters. The number of nitrogens with zero attached hydrogens (tertiary/aromatic N) is 1. The molecule has 0 spiro atoms. The molecule has 0 unspecified atom stereocenters. The number of methoxy groups -OCH3 is 1. The predicted molar refractivity (Wildman–Crippen MR) is 110 cm³/mol. The first-order valence-corrected chi connectivity index (χ1v) is 10.1. The molecule has 0 N–H and O–H groups in total. The second-order valence-corrected chi connectivity index (χ2v) is 7.67. The van der Waals surface area contributed by atoms with Crippen molar-refractivity contribution in [2.75, 3.05) is 20.8 Å². The summed E-state index contributed by atoms with van der Waals surface area (Å²) in [5.74, 6) is 3.49. The monoisotopic (exact) mass is 391 g/mol. The third kappa shape index (κ3) is 3.23. The van der Waals surface area contributed by atoms with Crippen LogP contribution in [0.3, 0.4) is 0 Å². The van der Waals surface area contributed by atoms with Gasteiger partial charge in [-0.3, -0.25) is 9.59 Å². The van der Waals surface area contributed by atoms with E-state index in [4.69, 9.17) is 15.9 Å². The van der Waals surface area contributed by atoms with Gasteiger partial charge in [-0.25, -0.2) is 0 Å². The Labute approximate surface area is 171 Å². The van der Waals surface area contributed by atoms with Gasteiger partial charge in [0.05, 0.1) is 7.11 Å². The number of ketones is 2. The van der Waals surface area contributed by atoms with Crippen LogP contribution in [-0.2, 0) is 9.59 Å².